The lowest BCUT2D eigenvalue weighted by Crippen LogP contribution is -2.26. The monoisotopic (exact) mass is 509 g/mol. The van der Waals surface area contributed by atoms with Crippen molar-refractivity contribution in [1.82, 2.24) is 19.3 Å². The van der Waals surface area contributed by atoms with Crippen molar-refractivity contribution in [2.24, 2.45) is 5.73 Å². The molecule has 0 saturated carbocycles. The number of rotatable bonds is 10. The molecule has 3 heterocycles. The van der Waals surface area contributed by atoms with E-state index in [-0.39, 0.29) is 31.7 Å². The first-order valence-corrected chi connectivity index (χ1v) is 12.4. The number of ether oxygens (including phenoxy) is 1. The van der Waals surface area contributed by atoms with Gasteiger partial charge >= 0.3 is 5.97 Å². The molecule has 188 valence electrons. The summed E-state index contributed by atoms with van der Waals surface area (Å²) in [6.07, 6.45) is 0.461. The Labute approximate surface area is 211 Å². The van der Waals surface area contributed by atoms with Crippen LogP contribution in [-0.2, 0) is 29.0 Å². The molecule has 0 saturated heterocycles. The SMILES string of the molecule is CCOC(=O)Cc1nn(Cc2nc(-c3cc(C(N)=O)c(C)n3CCCO)cs2)c(=O)c2ccccc12. The Bertz CT molecular complexity index is 1490. The van der Waals surface area contributed by atoms with Gasteiger partial charge in [0.25, 0.3) is 11.5 Å². The van der Waals surface area contributed by atoms with E-state index in [0.717, 1.165) is 0 Å². The average Bonchev–Trinajstić information content (AvgIpc) is 3.45. The van der Waals surface area contributed by atoms with Crippen LogP contribution in [0, 0.1) is 6.92 Å². The molecule has 0 aliphatic carbocycles. The second-order valence-corrected chi connectivity index (χ2v) is 9.13. The molecule has 11 heteroatoms. The van der Waals surface area contributed by atoms with Gasteiger partial charge in [-0.2, -0.15) is 5.10 Å². The number of thiazole rings is 1. The molecule has 4 aromatic rings. The van der Waals surface area contributed by atoms with E-state index in [1.54, 1.807) is 44.2 Å². The molecule has 4 rings (SSSR count). The van der Waals surface area contributed by atoms with Gasteiger partial charge in [0.15, 0.2) is 0 Å². The van der Waals surface area contributed by atoms with E-state index < -0.39 is 11.9 Å². The fourth-order valence-corrected chi connectivity index (χ4v) is 4.91. The number of aliphatic hydroxyl groups excluding tert-OH is 1. The van der Waals surface area contributed by atoms with Crippen LogP contribution in [0.4, 0.5) is 0 Å². The van der Waals surface area contributed by atoms with Gasteiger partial charge in [-0.15, -0.1) is 11.3 Å². The highest BCUT2D eigenvalue weighted by atomic mass is 32.1. The molecule has 0 bridgehead atoms. The topological polar surface area (TPSA) is 142 Å². The lowest BCUT2D eigenvalue weighted by Gasteiger charge is -2.10. The number of amides is 1. The Kier molecular flexibility index (Phi) is 7.61. The average molecular weight is 510 g/mol. The van der Waals surface area contributed by atoms with Gasteiger partial charge in [-0.3, -0.25) is 14.4 Å². The standard InChI is InChI=1S/C25H27N5O5S/c1-3-35-23(32)12-19-16-7-4-5-8-17(16)25(34)30(28-19)13-22-27-20(14-36-22)21-11-18(24(26)33)15(2)29(21)9-6-10-31/h4-5,7-8,11,14,31H,3,6,9-10,12-13H2,1-2H3,(H2,26,33). The summed E-state index contributed by atoms with van der Waals surface area (Å²) in [6, 6.07) is 8.74. The number of hydrogen-bond donors (Lipinski definition) is 2. The van der Waals surface area contributed by atoms with Crippen molar-refractivity contribution in [3.63, 3.8) is 0 Å². The minimum absolute atomic E-state index is 0.00988. The maximum atomic E-state index is 13.2. The summed E-state index contributed by atoms with van der Waals surface area (Å²) >= 11 is 1.36. The number of esters is 1. The summed E-state index contributed by atoms with van der Waals surface area (Å²) in [4.78, 5) is 41.9. The molecule has 0 unspecified atom stereocenters. The van der Waals surface area contributed by atoms with E-state index in [9.17, 15) is 19.5 Å². The highest BCUT2D eigenvalue weighted by Crippen LogP contribution is 2.28. The van der Waals surface area contributed by atoms with Crippen molar-refractivity contribution < 1.29 is 19.4 Å². The van der Waals surface area contributed by atoms with E-state index in [4.69, 9.17) is 15.5 Å². The van der Waals surface area contributed by atoms with Gasteiger partial charge in [-0.1, -0.05) is 18.2 Å². The van der Waals surface area contributed by atoms with E-state index >= 15 is 0 Å². The van der Waals surface area contributed by atoms with Crippen LogP contribution in [0.15, 0.2) is 40.5 Å². The number of carbonyl (C=O) groups is 2. The number of benzene rings is 1. The summed E-state index contributed by atoms with van der Waals surface area (Å²) in [7, 11) is 0. The molecule has 0 radical (unpaired) electrons. The molecule has 0 aliphatic heterocycles. The third kappa shape index (κ3) is 5.07. The zero-order chi connectivity index (χ0) is 25.8. The summed E-state index contributed by atoms with van der Waals surface area (Å²) in [5.41, 5.74) is 8.15. The molecule has 0 fully saturated rings. The number of aromatic nitrogens is 4. The van der Waals surface area contributed by atoms with Gasteiger partial charge in [-0.05, 0) is 32.4 Å². The molecule has 1 amide bonds. The molecule has 3 aromatic heterocycles. The summed E-state index contributed by atoms with van der Waals surface area (Å²) in [5.74, 6) is -0.950. The van der Waals surface area contributed by atoms with E-state index in [2.05, 4.69) is 5.10 Å². The summed E-state index contributed by atoms with van der Waals surface area (Å²) in [5, 5.41) is 17.3. The number of primary amides is 1. The van der Waals surface area contributed by atoms with Gasteiger partial charge in [0.2, 0.25) is 0 Å². The second kappa shape index (κ2) is 10.8. The Balaban J connectivity index is 1.71. The number of nitrogens with two attached hydrogens (primary N) is 1. The number of hydrogen-bond acceptors (Lipinski definition) is 8. The number of fused-ring (bicyclic) bond motifs is 1. The first-order chi connectivity index (χ1) is 17.3. The molecule has 0 atom stereocenters. The molecule has 0 spiro atoms. The minimum Gasteiger partial charge on any atom is -0.466 e. The van der Waals surface area contributed by atoms with Crippen molar-refractivity contribution in [3.05, 3.63) is 68.0 Å². The Morgan fingerprint density at radius 3 is 2.67 bits per heavy atom. The second-order valence-electron chi connectivity index (χ2n) is 8.19. The van der Waals surface area contributed by atoms with Gasteiger partial charge in [0.05, 0.1) is 47.6 Å². The Morgan fingerprint density at radius 1 is 1.22 bits per heavy atom. The lowest BCUT2D eigenvalue weighted by atomic mass is 10.1. The zero-order valence-electron chi connectivity index (χ0n) is 20.1. The van der Waals surface area contributed by atoms with Crippen molar-refractivity contribution in [3.8, 4) is 11.4 Å². The van der Waals surface area contributed by atoms with Crippen LogP contribution in [0.3, 0.4) is 0 Å². The van der Waals surface area contributed by atoms with Crippen molar-refractivity contribution in [2.75, 3.05) is 13.2 Å². The highest BCUT2D eigenvalue weighted by molar-refractivity contribution is 7.09. The first-order valence-electron chi connectivity index (χ1n) is 11.5. The fourth-order valence-electron chi connectivity index (χ4n) is 4.14. The maximum Gasteiger partial charge on any atom is 0.311 e. The van der Waals surface area contributed by atoms with E-state index in [1.807, 2.05) is 9.95 Å². The van der Waals surface area contributed by atoms with Gasteiger partial charge < -0.3 is 20.1 Å². The first kappa shape index (κ1) is 25.3. The van der Waals surface area contributed by atoms with Crippen LogP contribution in [0.2, 0.25) is 0 Å². The molecule has 36 heavy (non-hydrogen) atoms. The Morgan fingerprint density at radius 2 is 1.97 bits per heavy atom. The van der Waals surface area contributed by atoms with E-state index in [1.165, 1.54) is 16.0 Å². The molecule has 1 aromatic carbocycles. The largest absolute Gasteiger partial charge is 0.466 e. The highest BCUT2D eigenvalue weighted by Gasteiger charge is 2.19. The smallest absolute Gasteiger partial charge is 0.311 e. The van der Waals surface area contributed by atoms with Crippen LogP contribution in [-0.4, -0.2) is 49.5 Å². The predicted octanol–water partition coefficient (Wildman–Crippen LogP) is 2.27. The Hall–Kier alpha value is -3.83. The van der Waals surface area contributed by atoms with Crippen LogP contribution in [0.5, 0.6) is 0 Å². The lowest BCUT2D eigenvalue weighted by molar-refractivity contribution is -0.142. The van der Waals surface area contributed by atoms with Crippen LogP contribution in [0.1, 0.15) is 40.1 Å². The number of carbonyl (C=O) groups excluding carboxylic acids is 2. The number of nitrogens with zero attached hydrogens (tertiary/aromatic N) is 4. The van der Waals surface area contributed by atoms with Crippen molar-refractivity contribution >= 4 is 34.0 Å². The minimum atomic E-state index is -0.534. The van der Waals surface area contributed by atoms with Crippen LogP contribution >= 0.6 is 11.3 Å². The van der Waals surface area contributed by atoms with Gasteiger partial charge in [0, 0.05) is 29.6 Å². The van der Waals surface area contributed by atoms with Crippen LogP contribution < -0.4 is 11.3 Å². The quantitative estimate of drug-likeness (QED) is 0.312. The molecular formula is C25H27N5O5S. The normalized spacial score (nSPS) is 11.2. The molecule has 0 aliphatic rings. The molecule has 3 N–H and O–H groups in total. The third-order valence-corrected chi connectivity index (χ3v) is 6.67. The zero-order valence-corrected chi connectivity index (χ0v) is 20.9. The van der Waals surface area contributed by atoms with Gasteiger partial charge in [-0.25, -0.2) is 9.67 Å². The third-order valence-electron chi connectivity index (χ3n) is 5.83. The maximum absolute atomic E-state index is 13.2. The molecule has 10 nitrogen and oxygen atoms in total. The van der Waals surface area contributed by atoms with Crippen molar-refractivity contribution in [1.29, 1.82) is 0 Å². The summed E-state index contributed by atoms with van der Waals surface area (Å²) in [6.45, 7) is 4.42. The predicted molar refractivity (Wildman–Crippen MR) is 136 cm³/mol. The number of aliphatic hydroxyl groups is 1. The molecular weight excluding hydrogens is 482 g/mol. The van der Waals surface area contributed by atoms with Gasteiger partial charge in [0.1, 0.15) is 5.01 Å². The summed E-state index contributed by atoms with van der Waals surface area (Å²) < 4.78 is 8.30. The fraction of sp³-hybridized carbons (Fsp3) is 0.320. The van der Waals surface area contributed by atoms with E-state index in [0.29, 0.717) is 57.1 Å². The van der Waals surface area contributed by atoms with Crippen LogP contribution in [0.25, 0.3) is 22.2 Å². The van der Waals surface area contributed by atoms with Crippen molar-refractivity contribution in [2.45, 2.75) is 39.8 Å².